The number of carbonyl (C=O) groups excluding carboxylic acids is 1. The molecule has 1 fully saturated rings. The predicted molar refractivity (Wildman–Crippen MR) is 120 cm³/mol. The molecule has 1 saturated heterocycles. The van der Waals surface area contributed by atoms with Crippen LogP contribution in [0.15, 0.2) is 53.5 Å². The number of hydrogen-bond acceptors (Lipinski definition) is 4. The first-order valence-electron chi connectivity index (χ1n) is 10.6. The highest BCUT2D eigenvalue weighted by atomic mass is 16.5. The number of ether oxygens (including phenoxy) is 1. The summed E-state index contributed by atoms with van der Waals surface area (Å²) < 4.78 is 4.72. The highest BCUT2D eigenvalue weighted by Crippen LogP contribution is 2.13. The fourth-order valence-electron chi connectivity index (χ4n) is 3.61. The Morgan fingerprint density at radius 2 is 1.43 bits per heavy atom. The quantitative estimate of drug-likeness (QED) is 0.418. The van der Waals surface area contributed by atoms with Crippen LogP contribution in [-0.2, 0) is 24.4 Å². The lowest BCUT2D eigenvalue weighted by molar-refractivity contribution is 0.0600. The standard InChI is InChI=1S/C24H32N4O2/c1-25-24(27-17-20-10-12-22(13-11-20)23(29)30-2)26-16-19-6-8-21(9-7-19)18-28-14-4-3-5-15-28/h6-13H,3-5,14-18H2,1-2H3,(H2,25,26,27). The van der Waals surface area contributed by atoms with Crippen LogP contribution in [0.25, 0.3) is 0 Å². The highest BCUT2D eigenvalue weighted by molar-refractivity contribution is 5.89. The fourth-order valence-corrected chi connectivity index (χ4v) is 3.61. The third-order valence-corrected chi connectivity index (χ3v) is 5.40. The maximum Gasteiger partial charge on any atom is 0.337 e. The monoisotopic (exact) mass is 408 g/mol. The molecule has 160 valence electrons. The Kier molecular flexibility index (Phi) is 8.27. The minimum Gasteiger partial charge on any atom is -0.465 e. The number of piperidine rings is 1. The summed E-state index contributed by atoms with van der Waals surface area (Å²) in [6.07, 6.45) is 4.02. The zero-order valence-electron chi connectivity index (χ0n) is 18.0. The first-order valence-corrected chi connectivity index (χ1v) is 10.6. The molecule has 0 spiro atoms. The van der Waals surface area contributed by atoms with Crippen molar-refractivity contribution >= 4 is 11.9 Å². The average molecular weight is 409 g/mol. The second kappa shape index (κ2) is 11.4. The van der Waals surface area contributed by atoms with E-state index in [2.05, 4.69) is 44.8 Å². The van der Waals surface area contributed by atoms with Crippen molar-refractivity contribution in [2.24, 2.45) is 4.99 Å². The van der Waals surface area contributed by atoms with E-state index >= 15 is 0 Å². The topological polar surface area (TPSA) is 66.0 Å². The van der Waals surface area contributed by atoms with Crippen LogP contribution < -0.4 is 10.6 Å². The molecule has 1 heterocycles. The molecule has 1 aliphatic rings. The summed E-state index contributed by atoms with van der Waals surface area (Å²) in [5, 5.41) is 6.65. The summed E-state index contributed by atoms with van der Waals surface area (Å²) in [7, 11) is 3.15. The predicted octanol–water partition coefficient (Wildman–Crippen LogP) is 3.32. The molecule has 2 N–H and O–H groups in total. The van der Waals surface area contributed by atoms with Gasteiger partial charge in [0.2, 0.25) is 0 Å². The Hall–Kier alpha value is -2.86. The number of likely N-dealkylation sites (tertiary alicyclic amines) is 1. The third-order valence-electron chi connectivity index (χ3n) is 5.40. The van der Waals surface area contributed by atoms with E-state index in [1.165, 1.54) is 50.6 Å². The molecule has 0 aliphatic carbocycles. The van der Waals surface area contributed by atoms with Gasteiger partial charge in [0.15, 0.2) is 5.96 Å². The summed E-state index contributed by atoms with van der Waals surface area (Å²) in [5.74, 6) is 0.415. The molecule has 6 heteroatoms. The molecule has 0 bridgehead atoms. The van der Waals surface area contributed by atoms with Crippen LogP contribution in [0.2, 0.25) is 0 Å². The molecule has 6 nitrogen and oxygen atoms in total. The number of rotatable bonds is 7. The molecule has 0 atom stereocenters. The van der Waals surface area contributed by atoms with Crippen LogP contribution in [0.1, 0.15) is 46.3 Å². The van der Waals surface area contributed by atoms with Gasteiger partial charge in [-0.25, -0.2) is 4.79 Å². The molecule has 30 heavy (non-hydrogen) atoms. The van der Waals surface area contributed by atoms with Gasteiger partial charge in [-0.05, 0) is 54.8 Å². The van der Waals surface area contributed by atoms with Gasteiger partial charge in [-0.2, -0.15) is 0 Å². The number of hydrogen-bond donors (Lipinski definition) is 2. The van der Waals surface area contributed by atoms with Crippen LogP contribution in [0.5, 0.6) is 0 Å². The second-order valence-corrected chi connectivity index (χ2v) is 7.62. The van der Waals surface area contributed by atoms with Gasteiger partial charge in [-0.1, -0.05) is 42.8 Å². The van der Waals surface area contributed by atoms with Gasteiger partial charge in [-0.15, -0.1) is 0 Å². The number of nitrogens with one attached hydrogen (secondary N) is 2. The number of esters is 1. The van der Waals surface area contributed by atoms with Crippen molar-refractivity contribution in [3.8, 4) is 0 Å². The van der Waals surface area contributed by atoms with Crippen molar-refractivity contribution < 1.29 is 9.53 Å². The smallest absolute Gasteiger partial charge is 0.337 e. The number of guanidine groups is 1. The van der Waals surface area contributed by atoms with E-state index in [-0.39, 0.29) is 5.97 Å². The Morgan fingerprint density at radius 3 is 1.97 bits per heavy atom. The van der Waals surface area contributed by atoms with Crippen LogP contribution in [-0.4, -0.2) is 44.1 Å². The van der Waals surface area contributed by atoms with Gasteiger partial charge in [0.1, 0.15) is 0 Å². The van der Waals surface area contributed by atoms with E-state index in [1.807, 2.05) is 12.1 Å². The number of carbonyl (C=O) groups is 1. The Labute approximate surface area is 179 Å². The normalized spacial score (nSPS) is 14.9. The van der Waals surface area contributed by atoms with Crippen LogP contribution in [0.3, 0.4) is 0 Å². The number of methoxy groups -OCH3 is 1. The van der Waals surface area contributed by atoms with E-state index in [4.69, 9.17) is 4.74 Å². The van der Waals surface area contributed by atoms with E-state index in [0.29, 0.717) is 18.7 Å². The Bertz CT molecular complexity index is 825. The van der Waals surface area contributed by atoms with E-state index in [1.54, 1.807) is 19.2 Å². The molecule has 0 aromatic heterocycles. The van der Waals surface area contributed by atoms with Crippen molar-refractivity contribution in [3.63, 3.8) is 0 Å². The van der Waals surface area contributed by atoms with Crippen LogP contribution in [0, 0.1) is 0 Å². The Balaban J connectivity index is 1.44. The Morgan fingerprint density at radius 1 is 0.900 bits per heavy atom. The van der Waals surface area contributed by atoms with Gasteiger partial charge in [-0.3, -0.25) is 9.89 Å². The van der Waals surface area contributed by atoms with Gasteiger partial charge in [0.25, 0.3) is 0 Å². The van der Waals surface area contributed by atoms with Crippen molar-refractivity contribution in [1.29, 1.82) is 0 Å². The highest BCUT2D eigenvalue weighted by Gasteiger charge is 2.10. The average Bonchev–Trinajstić information content (AvgIpc) is 2.80. The molecular formula is C24H32N4O2. The minimum atomic E-state index is -0.325. The SMILES string of the molecule is CN=C(NCc1ccc(CN2CCCCC2)cc1)NCc1ccc(C(=O)OC)cc1. The maximum atomic E-state index is 11.5. The van der Waals surface area contributed by atoms with E-state index < -0.39 is 0 Å². The zero-order chi connectivity index (χ0) is 21.2. The number of benzene rings is 2. The lowest BCUT2D eigenvalue weighted by Gasteiger charge is -2.26. The van der Waals surface area contributed by atoms with Crippen LogP contribution in [0.4, 0.5) is 0 Å². The maximum absolute atomic E-state index is 11.5. The summed E-state index contributed by atoms with van der Waals surface area (Å²) in [5.41, 5.74) is 4.21. The molecule has 2 aromatic carbocycles. The van der Waals surface area contributed by atoms with Crippen LogP contribution >= 0.6 is 0 Å². The summed E-state index contributed by atoms with van der Waals surface area (Å²) in [4.78, 5) is 18.3. The first kappa shape index (κ1) is 21.8. The number of nitrogens with zero attached hydrogens (tertiary/aromatic N) is 2. The van der Waals surface area contributed by atoms with Crippen molar-refractivity contribution in [3.05, 3.63) is 70.8 Å². The second-order valence-electron chi connectivity index (χ2n) is 7.62. The van der Waals surface area contributed by atoms with E-state index in [9.17, 15) is 4.79 Å². The summed E-state index contributed by atoms with van der Waals surface area (Å²) >= 11 is 0. The zero-order valence-corrected chi connectivity index (χ0v) is 18.0. The largest absolute Gasteiger partial charge is 0.465 e. The molecule has 0 unspecified atom stereocenters. The lowest BCUT2D eigenvalue weighted by atomic mass is 10.1. The molecule has 1 aliphatic heterocycles. The molecule has 0 radical (unpaired) electrons. The summed E-state index contributed by atoms with van der Waals surface area (Å²) in [6, 6.07) is 16.2. The van der Waals surface area contributed by atoms with Crippen molar-refractivity contribution in [2.45, 2.75) is 38.9 Å². The van der Waals surface area contributed by atoms with Crippen molar-refractivity contribution in [1.82, 2.24) is 15.5 Å². The van der Waals surface area contributed by atoms with Gasteiger partial charge in [0.05, 0.1) is 12.7 Å². The van der Waals surface area contributed by atoms with Gasteiger partial charge in [0, 0.05) is 26.7 Å². The summed E-state index contributed by atoms with van der Waals surface area (Å²) in [6.45, 7) is 4.82. The lowest BCUT2D eigenvalue weighted by Crippen LogP contribution is -2.36. The minimum absolute atomic E-state index is 0.325. The van der Waals surface area contributed by atoms with Crippen molar-refractivity contribution in [2.75, 3.05) is 27.2 Å². The molecule has 0 saturated carbocycles. The van der Waals surface area contributed by atoms with E-state index in [0.717, 1.165) is 18.1 Å². The molecule has 0 amide bonds. The molecule has 3 rings (SSSR count). The molecule has 2 aromatic rings. The fraction of sp³-hybridized carbons (Fsp3) is 0.417. The third kappa shape index (κ3) is 6.59. The van der Waals surface area contributed by atoms with Gasteiger partial charge < -0.3 is 15.4 Å². The first-order chi connectivity index (χ1) is 14.7. The molecular weight excluding hydrogens is 376 g/mol. The van der Waals surface area contributed by atoms with Gasteiger partial charge >= 0.3 is 5.97 Å². The number of aliphatic imine (C=N–C) groups is 1.